The molecule has 0 atom stereocenters. The Balaban J connectivity index is 2.16. The lowest BCUT2D eigenvalue weighted by molar-refractivity contribution is -0.137. The Kier molecular flexibility index (Phi) is 6.41. The molecule has 1 aliphatic heterocycles. The van der Waals surface area contributed by atoms with Gasteiger partial charge in [-0.3, -0.25) is 0 Å². The lowest BCUT2D eigenvalue weighted by atomic mass is 9.87. The first-order valence-electron chi connectivity index (χ1n) is 10.5. The number of ether oxygens (including phenoxy) is 1. The number of anilines is 1. The van der Waals surface area contributed by atoms with Gasteiger partial charge in [-0.25, -0.2) is 0 Å². The van der Waals surface area contributed by atoms with Crippen molar-refractivity contribution in [1.82, 2.24) is 0 Å². The van der Waals surface area contributed by atoms with Crippen molar-refractivity contribution >= 4 is 22.9 Å². The van der Waals surface area contributed by atoms with Crippen LogP contribution in [0.5, 0.6) is 5.75 Å². The average molecular weight is 441 g/mol. The maximum absolute atomic E-state index is 13.1. The predicted molar refractivity (Wildman–Crippen MR) is 123 cm³/mol. The molecule has 3 rings (SSSR count). The molecule has 0 bridgehead atoms. The molecule has 168 valence electrons. The molecular weight excluding hydrogens is 413 g/mol. The molecule has 0 saturated carbocycles. The van der Waals surface area contributed by atoms with Crippen LogP contribution in [0.2, 0.25) is 0 Å². The molecule has 0 fully saturated rings. The van der Waals surface area contributed by atoms with Crippen LogP contribution < -0.4 is 9.64 Å². The smallest absolute Gasteiger partial charge is 0.416 e. The number of methoxy groups -OCH3 is 1. The van der Waals surface area contributed by atoms with Crippen molar-refractivity contribution in [3.63, 3.8) is 0 Å². The molecule has 0 spiro atoms. The van der Waals surface area contributed by atoms with Crippen LogP contribution in [-0.4, -0.2) is 19.2 Å². The van der Waals surface area contributed by atoms with Crippen molar-refractivity contribution in [2.45, 2.75) is 45.8 Å². The van der Waals surface area contributed by atoms with Gasteiger partial charge in [-0.15, -0.1) is 0 Å². The minimum Gasteiger partial charge on any atom is -0.496 e. The van der Waals surface area contributed by atoms with E-state index in [1.54, 1.807) is 13.2 Å². The van der Waals surface area contributed by atoms with Gasteiger partial charge < -0.3 is 9.64 Å². The third-order valence-corrected chi connectivity index (χ3v) is 5.70. The quantitative estimate of drug-likeness (QED) is 0.365. The Morgan fingerprint density at radius 2 is 1.94 bits per heavy atom. The van der Waals surface area contributed by atoms with Crippen molar-refractivity contribution < 1.29 is 17.9 Å². The number of hydrogen-bond donors (Lipinski definition) is 0. The minimum atomic E-state index is -4.47. The molecule has 2 aromatic carbocycles. The van der Waals surface area contributed by atoms with E-state index in [1.807, 2.05) is 25.1 Å². The topological polar surface area (TPSA) is 36.3 Å². The Morgan fingerprint density at radius 1 is 1.22 bits per heavy atom. The van der Waals surface area contributed by atoms with Gasteiger partial charge in [0.25, 0.3) is 0 Å². The molecule has 6 heteroatoms. The summed E-state index contributed by atoms with van der Waals surface area (Å²) in [5.41, 5.74) is 3.21. The van der Waals surface area contributed by atoms with Gasteiger partial charge in [0, 0.05) is 29.4 Å². The summed E-state index contributed by atoms with van der Waals surface area (Å²) in [6.45, 7) is 9.37. The molecule has 2 aromatic rings. The van der Waals surface area contributed by atoms with Gasteiger partial charge in [-0.1, -0.05) is 25.1 Å². The van der Waals surface area contributed by atoms with E-state index in [9.17, 15) is 18.4 Å². The number of halogens is 3. The van der Waals surface area contributed by atoms with Crippen LogP contribution in [0.3, 0.4) is 0 Å². The fraction of sp³-hybridized carbons (Fsp3) is 0.346. The highest BCUT2D eigenvalue weighted by Crippen LogP contribution is 2.43. The van der Waals surface area contributed by atoms with Crippen LogP contribution in [0.1, 0.15) is 56.4 Å². The van der Waals surface area contributed by atoms with Crippen LogP contribution >= 0.6 is 0 Å². The van der Waals surface area contributed by atoms with Crippen molar-refractivity contribution in [3.8, 4) is 11.8 Å². The van der Waals surface area contributed by atoms with E-state index in [1.165, 1.54) is 12.1 Å². The van der Waals surface area contributed by atoms with E-state index < -0.39 is 11.7 Å². The number of alkyl halides is 3. The zero-order valence-corrected chi connectivity index (χ0v) is 19.0. The predicted octanol–water partition coefficient (Wildman–Crippen LogP) is 7.19. The monoisotopic (exact) mass is 440 g/mol. The highest BCUT2D eigenvalue weighted by molar-refractivity contribution is 5.93. The third-order valence-electron chi connectivity index (χ3n) is 5.70. The summed E-state index contributed by atoms with van der Waals surface area (Å²) in [6.07, 6.45) is 0.306. The number of allylic oxidation sites excluding steroid dienone is 2. The second-order valence-electron chi connectivity index (χ2n) is 8.49. The number of hydrogen-bond acceptors (Lipinski definition) is 3. The molecule has 0 unspecified atom stereocenters. The molecule has 0 N–H and O–H groups in total. The molecule has 1 aliphatic rings. The van der Waals surface area contributed by atoms with Crippen LogP contribution in [0.4, 0.5) is 18.9 Å². The average Bonchev–Trinajstić information content (AvgIpc) is 2.73. The number of rotatable bonds is 5. The normalized spacial score (nSPS) is 15.7. The van der Waals surface area contributed by atoms with Gasteiger partial charge in [0.2, 0.25) is 0 Å². The largest absolute Gasteiger partial charge is 0.496 e. The van der Waals surface area contributed by atoms with Crippen molar-refractivity contribution in [2.75, 3.05) is 18.6 Å². The summed E-state index contributed by atoms with van der Waals surface area (Å²) in [5, 5.41) is 9.71. The molecule has 0 radical (unpaired) electrons. The lowest BCUT2D eigenvalue weighted by Crippen LogP contribution is -2.45. The zero-order chi connectivity index (χ0) is 23.7. The Labute approximate surface area is 187 Å². The van der Waals surface area contributed by atoms with Crippen LogP contribution in [-0.2, 0) is 6.18 Å². The van der Waals surface area contributed by atoms with E-state index in [0.717, 1.165) is 41.9 Å². The van der Waals surface area contributed by atoms with E-state index in [2.05, 4.69) is 31.7 Å². The minimum absolute atomic E-state index is 0.137. The lowest BCUT2D eigenvalue weighted by Gasteiger charge is -2.43. The standard InChI is InChI=1S/C26H27F3N2O/c1-6-10-31-23-14-24(32-5)19(13-22(23)17(2)15-25(31,3)4)11-20(16-30)18-8-7-9-21(12-18)26(27,28)29/h7-9,11-15H,6,10H2,1-5H3/b20-11+. The number of benzene rings is 2. The van der Waals surface area contributed by atoms with Crippen LogP contribution in [0.15, 0.2) is 42.5 Å². The molecule has 0 aliphatic carbocycles. The van der Waals surface area contributed by atoms with Crippen LogP contribution in [0, 0.1) is 11.3 Å². The second kappa shape index (κ2) is 8.74. The van der Waals surface area contributed by atoms with Crippen LogP contribution in [0.25, 0.3) is 17.2 Å². The van der Waals surface area contributed by atoms with Gasteiger partial charge in [0.05, 0.1) is 29.9 Å². The fourth-order valence-corrected chi connectivity index (χ4v) is 4.24. The first-order chi connectivity index (χ1) is 15.0. The highest BCUT2D eigenvalue weighted by Gasteiger charge is 2.32. The molecule has 3 nitrogen and oxygen atoms in total. The van der Waals surface area contributed by atoms with E-state index in [-0.39, 0.29) is 16.7 Å². The maximum Gasteiger partial charge on any atom is 0.416 e. The molecule has 0 amide bonds. The molecule has 0 saturated heterocycles. The van der Waals surface area contributed by atoms with E-state index in [0.29, 0.717) is 11.3 Å². The number of nitrogens with zero attached hydrogens (tertiary/aromatic N) is 2. The first kappa shape index (κ1) is 23.5. The van der Waals surface area contributed by atoms with Gasteiger partial charge >= 0.3 is 6.18 Å². The molecule has 0 aromatic heterocycles. The van der Waals surface area contributed by atoms with Crippen molar-refractivity contribution in [1.29, 1.82) is 5.26 Å². The summed E-state index contributed by atoms with van der Waals surface area (Å²) in [5.74, 6) is 0.565. The zero-order valence-electron chi connectivity index (χ0n) is 19.0. The van der Waals surface area contributed by atoms with E-state index >= 15 is 0 Å². The highest BCUT2D eigenvalue weighted by atomic mass is 19.4. The SMILES string of the molecule is CCCN1c2cc(OC)c(/C=C(\C#N)c3cccc(C(F)(F)F)c3)cc2C(C)=CC1(C)C. The Morgan fingerprint density at radius 3 is 2.53 bits per heavy atom. The number of fused-ring (bicyclic) bond motifs is 1. The van der Waals surface area contributed by atoms with Gasteiger partial charge in [0.1, 0.15) is 5.75 Å². The summed E-state index contributed by atoms with van der Waals surface area (Å²) in [6, 6.07) is 10.8. The summed E-state index contributed by atoms with van der Waals surface area (Å²) in [7, 11) is 1.55. The second-order valence-corrected chi connectivity index (χ2v) is 8.49. The van der Waals surface area contributed by atoms with Crippen molar-refractivity contribution in [2.24, 2.45) is 0 Å². The van der Waals surface area contributed by atoms with Gasteiger partial charge in [-0.2, -0.15) is 18.4 Å². The number of nitriles is 1. The Hall–Kier alpha value is -3.20. The van der Waals surface area contributed by atoms with Crippen molar-refractivity contribution in [3.05, 3.63) is 64.7 Å². The third kappa shape index (κ3) is 4.52. The summed E-state index contributed by atoms with van der Waals surface area (Å²) >= 11 is 0. The molecular formula is C26H27F3N2O. The summed E-state index contributed by atoms with van der Waals surface area (Å²) < 4.78 is 45.0. The summed E-state index contributed by atoms with van der Waals surface area (Å²) in [4.78, 5) is 2.32. The fourth-order valence-electron chi connectivity index (χ4n) is 4.24. The Bertz CT molecular complexity index is 1120. The maximum atomic E-state index is 13.1. The molecule has 32 heavy (non-hydrogen) atoms. The van der Waals surface area contributed by atoms with Gasteiger partial charge in [0.15, 0.2) is 0 Å². The van der Waals surface area contributed by atoms with Gasteiger partial charge in [-0.05, 0) is 62.6 Å². The first-order valence-corrected chi connectivity index (χ1v) is 10.5. The van der Waals surface area contributed by atoms with E-state index in [4.69, 9.17) is 4.74 Å². The molecule has 1 heterocycles.